The molecule has 7 rings (SSSR count). The van der Waals surface area contributed by atoms with E-state index in [9.17, 15) is 11.0 Å². The van der Waals surface area contributed by atoms with Gasteiger partial charge in [-0.15, -0.1) is 5.10 Å². The van der Waals surface area contributed by atoms with Crippen molar-refractivity contribution in [3.05, 3.63) is 112 Å². The van der Waals surface area contributed by atoms with E-state index in [1.165, 1.54) is 25.0 Å². The molecule has 228 valence electrons. The molecule has 8 nitrogen and oxygen atoms in total. The van der Waals surface area contributed by atoms with Gasteiger partial charge < -0.3 is 15.5 Å². The minimum Gasteiger partial charge on any atom is -0.377 e. The van der Waals surface area contributed by atoms with Crippen molar-refractivity contribution >= 4 is 33.9 Å². The molecule has 1 saturated carbocycles. The van der Waals surface area contributed by atoms with Gasteiger partial charge in [-0.1, -0.05) is 59.3 Å². The summed E-state index contributed by atoms with van der Waals surface area (Å²) in [6.07, 6.45) is 8.65. The summed E-state index contributed by atoms with van der Waals surface area (Å²) in [6.45, 7) is 3.14. The molecular weight excluding hydrogens is 587 g/mol. The van der Waals surface area contributed by atoms with Crippen molar-refractivity contribution in [3.8, 4) is 6.07 Å². The fraction of sp³-hybridized carbons (Fsp3) is 0.314. The van der Waals surface area contributed by atoms with Crippen molar-refractivity contribution in [1.29, 1.82) is 5.26 Å². The van der Waals surface area contributed by atoms with E-state index < -0.39 is 11.8 Å². The maximum atomic E-state index is 14.0. The van der Waals surface area contributed by atoms with Crippen molar-refractivity contribution in [3.63, 3.8) is 0 Å². The first-order valence-corrected chi connectivity index (χ1v) is 15.8. The van der Waals surface area contributed by atoms with Crippen LogP contribution < -0.4 is 10.6 Å². The van der Waals surface area contributed by atoms with Crippen molar-refractivity contribution in [2.24, 2.45) is 0 Å². The highest BCUT2D eigenvalue weighted by Gasteiger charge is 2.27. The Hall–Kier alpha value is -4.52. The van der Waals surface area contributed by atoms with E-state index in [1.807, 2.05) is 24.3 Å². The molecule has 3 heterocycles. The summed E-state index contributed by atoms with van der Waals surface area (Å²) in [6, 6.07) is 20.5. The largest absolute Gasteiger partial charge is 0.377 e. The number of pyridine rings is 1. The number of anilines is 2. The summed E-state index contributed by atoms with van der Waals surface area (Å²) in [5.74, 6) is -0.398. The van der Waals surface area contributed by atoms with Crippen LogP contribution in [0.25, 0.3) is 10.9 Å². The predicted molar refractivity (Wildman–Crippen MR) is 175 cm³/mol. The van der Waals surface area contributed by atoms with Gasteiger partial charge in [-0.3, -0.25) is 4.98 Å². The van der Waals surface area contributed by atoms with Gasteiger partial charge in [-0.05, 0) is 80.6 Å². The smallest absolute Gasteiger partial charge is 0.123 e. The molecular formula is C35H34ClFN8. The van der Waals surface area contributed by atoms with Crippen LogP contribution in [0.2, 0.25) is 5.02 Å². The molecule has 2 N–H and O–H groups in total. The third-order valence-corrected chi connectivity index (χ3v) is 8.88. The van der Waals surface area contributed by atoms with E-state index in [-0.39, 0.29) is 12.1 Å². The zero-order valence-electron chi connectivity index (χ0n) is 25.8. The second-order valence-corrected chi connectivity index (χ2v) is 12.2. The van der Waals surface area contributed by atoms with Crippen molar-refractivity contribution in [2.75, 3.05) is 30.3 Å². The van der Waals surface area contributed by atoms with Crippen LogP contribution in [0.3, 0.4) is 0 Å². The quantitative estimate of drug-likeness (QED) is 0.156. The van der Waals surface area contributed by atoms with Gasteiger partial charge in [0.1, 0.15) is 17.6 Å². The third-order valence-electron chi connectivity index (χ3n) is 8.59. The topological polar surface area (TPSA) is 94.7 Å². The zero-order chi connectivity index (χ0) is 31.7. The van der Waals surface area contributed by atoms with Gasteiger partial charge in [-0.2, -0.15) is 5.26 Å². The van der Waals surface area contributed by atoms with Crippen LogP contribution >= 0.6 is 11.6 Å². The molecule has 1 aliphatic carbocycles. The zero-order valence-corrected chi connectivity index (χ0v) is 25.5. The lowest BCUT2D eigenvalue weighted by molar-refractivity contribution is 0.326. The van der Waals surface area contributed by atoms with Crippen LogP contribution in [-0.2, 0) is 0 Å². The summed E-state index contributed by atoms with van der Waals surface area (Å²) < 4.78 is 25.4. The summed E-state index contributed by atoms with van der Waals surface area (Å²) in [5.41, 5.74) is 4.06. The average Bonchev–Trinajstić information content (AvgIpc) is 3.54. The lowest BCUT2D eigenvalue weighted by Gasteiger charge is -2.25. The van der Waals surface area contributed by atoms with Gasteiger partial charge >= 0.3 is 0 Å². The van der Waals surface area contributed by atoms with Crippen molar-refractivity contribution in [2.45, 2.75) is 50.2 Å². The molecule has 3 aromatic carbocycles. The minimum absolute atomic E-state index is 0.0677. The highest BCUT2D eigenvalue weighted by atomic mass is 35.5. The Morgan fingerprint density at radius 3 is 2.56 bits per heavy atom. The number of hydrogen-bond acceptors (Lipinski definition) is 7. The molecule has 0 amide bonds. The Bertz CT molecular complexity index is 1880. The van der Waals surface area contributed by atoms with Crippen molar-refractivity contribution < 1.29 is 5.76 Å². The number of likely N-dealkylation sites (tertiary alicyclic amines) is 1. The molecule has 2 aliphatic rings. The van der Waals surface area contributed by atoms with Crippen LogP contribution in [0, 0.1) is 17.1 Å². The van der Waals surface area contributed by atoms with Crippen LogP contribution in [0.15, 0.2) is 79.1 Å². The maximum Gasteiger partial charge on any atom is 0.123 e. The number of nitrogens with one attached hydrogen (secondary N) is 2. The number of halogens is 2. The number of benzene rings is 3. The first kappa shape index (κ1) is 28.0. The van der Waals surface area contributed by atoms with Crippen LogP contribution in [0.1, 0.15) is 74.0 Å². The molecule has 10 heteroatoms. The fourth-order valence-corrected chi connectivity index (χ4v) is 6.29. The second-order valence-electron chi connectivity index (χ2n) is 11.8. The van der Waals surface area contributed by atoms with Crippen LogP contribution in [0.4, 0.5) is 15.8 Å². The van der Waals surface area contributed by atoms with Gasteiger partial charge in [0.2, 0.25) is 0 Å². The number of aromatic nitrogens is 4. The Labute approximate surface area is 268 Å². The minimum atomic E-state index is -1.62. The molecule has 2 aromatic heterocycles. The molecule has 2 fully saturated rings. The summed E-state index contributed by atoms with van der Waals surface area (Å²) in [7, 11) is 0. The summed E-state index contributed by atoms with van der Waals surface area (Å²) >= 11 is 6.86. The van der Waals surface area contributed by atoms with Crippen LogP contribution in [0.5, 0.6) is 0 Å². The fourth-order valence-electron chi connectivity index (χ4n) is 6.03. The molecule has 5 aromatic rings. The van der Waals surface area contributed by atoms with E-state index >= 15 is 0 Å². The van der Waals surface area contributed by atoms with E-state index in [4.69, 9.17) is 11.6 Å². The lowest BCUT2D eigenvalue weighted by Crippen LogP contribution is -2.24. The Morgan fingerprint density at radius 2 is 1.82 bits per heavy atom. The number of hydrogen-bond donors (Lipinski definition) is 2. The monoisotopic (exact) mass is 621 g/mol. The average molecular weight is 622 g/mol. The van der Waals surface area contributed by atoms with Gasteiger partial charge in [0, 0.05) is 23.8 Å². The van der Waals surface area contributed by atoms with E-state index in [1.54, 1.807) is 35.3 Å². The molecule has 2 unspecified atom stereocenters. The predicted octanol–water partition coefficient (Wildman–Crippen LogP) is 7.67. The molecule has 0 spiro atoms. The summed E-state index contributed by atoms with van der Waals surface area (Å²) in [4.78, 5) is 7.03. The Morgan fingerprint density at radius 1 is 1.04 bits per heavy atom. The molecule has 2 atom stereocenters. The highest BCUT2D eigenvalue weighted by Crippen LogP contribution is 2.38. The van der Waals surface area contributed by atoms with Gasteiger partial charge in [0.25, 0.3) is 0 Å². The first-order valence-electron chi connectivity index (χ1n) is 15.9. The number of fused-ring (bicyclic) bond motifs is 1. The van der Waals surface area contributed by atoms with Gasteiger partial charge in [0.15, 0.2) is 0 Å². The van der Waals surface area contributed by atoms with Crippen LogP contribution in [-0.4, -0.2) is 44.5 Å². The van der Waals surface area contributed by atoms with E-state index in [0.29, 0.717) is 44.1 Å². The molecule has 0 radical (unpaired) electrons. The van der Waals surface area contributed by atoms with E-state index in [0.717, 1.165) is 44.5 Å². The molecule has 45 heavy (non-hydrogen) atoms. The van der Waals surface area contributed by atoms with E-state index in [2.05, 4.69) is 49.0 Å². The number of nitrogens with zero attached hydrogens (tertiary/aromatic N) is 6. The van der Waals surface area contributed by atoms with Gasteiger partial charge in [-0.25, -0.2) is 9.07 Å². The first-order chi connectivity index (χ1) is 22.4. The highest BCUT2D eigenvalue weighted by molar-refractivity contribution is 6.35. The van der Waals surface area contributed by atoms with Crippen molar-refractivity contribution in [1.82, 2.24) is 24.9 Å². The SMILES string of the molecule is [2H]C(Nc1cc(Cl)c2ncc(C#N)c(NC(CCN3CCCC3)c3ccccc3)c2c1)(c1ccc(F)cc1)c1cn(C2CC2)nn1. The number of rotatable bonds is 11. The Balaban J connectivity index is 1.29. The lowest BCUT2D eigenvalue weighted by atomic mass is 10.0. The number of nitriles is 1. The summed E-state index contributed by atoms with van der Waals surface area (Å²) in [5, 5.41) is 26.9. The maximum absolute atomic E-state index is 14.0. The standard InChI is InChI=1S/C35H34ClFN8/c36-30-19-27(40-34(24-8-10-26(37)11-9-24)32-22-45(43-42-32)28-12-13-28)18-29-33(25(20-38)21-39-35(29)30)41-31(23-6-2-1-3-7-23)14-17-44-15-4-5-16-44/h1-3,6-11,18-19,21-22,28,31,34,40H,4-5,12-17H2,(H,39,41)/i34D. The molecule has 1 saturated heterocycles. The molecule has 0 bridgehead atoms. The molecule has 1 aliphatic heterocycles. The normalized spacial score (nSPS) is 17.4. The Kier molecular flexibility index (Phi) is 7.98. The van der Waals surface area contributed by atoms with Gasteiger partial charge in [0.05, 0.1) is 47.5 Å². The second kappa shape index (κ2) is 12.8. The third kappa shape index (κ3) is 6.48.